The molecule has 0 bridgehead atoms. The van der Waals surface area contributed by atoms with Crippen LogP contribution in [0.25, 0.3) is 0 Å². The first kappa shape index (κ1) is 27.3. The van der Waals surface area contributed by atoms with Gasteiger partial charge in [0.25, 0.3) is 0 Å². The minimum atomic E-state index is -0.807. The largest absolute Gasteiger partial charge is 0.468 e. The number of ether oxygens (including phenoxy) is 2. The zero-order valence-electron chi connectivity index (χ0n) is 25.1. The summed E-state index contributed by atoms with van der Waals surface area (Å²) in [7, 11) is 1.48. The lowest BCUT2D eigenvalue weighted by Crippen LogP contribution is -2.66. The summed E-state index contributed by atoms with van der Waals surface area (Å²) in [5.41, 5.74) is 2.24. The second kappa shape index (κ2) is 8.34. The predicted octanol–water partition coefficient (Wildman–Crippen LogP) is 7.89. The van der Waals surface area contributed by atoms with Crippen molar-refractivity contribution in [3.8, 4) is 0 Å². The molecule has 0 aromatic carbocycles. The van der Waals surface area contributed by atoms with E-state index in [0.717, 1.165) is 32.1 Å². The van der Waals surface area contributed by atoms with Crippen molar-refractivity contribution in [1.29, 1.82) is 0 Å². The molecule has 0 N–H and O–H groups in total. The predicted molar refractivity (Wildman–Crippen MR) is 147 cm³/mol. The number of fused-ring (bicyclic) bond motifs is 7. The Bertz CT molecular complexity index is 1010. The molecule has 4 heteroatoms. The molecule has 0 saturated heterocycles. The standard InChI is InChI=1S/C33H52O4/c1-21(34)37-26-13-14-30(5)24-11-10-22-23-20-28(2,3)16-17-29(23,4)18-19-31(22,6)32(24,7)15-12-25(30)33(26,8)27(35)36-9/h10,23-26H,11-20H2,1-9H3/t23-,24+,25+,26+,29+,30+,31+,32+,33+/m0/s1. The second-order valence-electron chi connectivity index (χ2n) is 15.8. The molecule has 9 atom stereocenters. The van der Waals surface area contributed by atoms with Crippen LogP contribution in [0, 0.1) is 50.2 Å². The number of allylic oxidation sites excluding steroid dienone is 2. The maximum Gasteiger partial charge on any atom is 0.315 e. The van der Waals surface area contributed by atoms with Crippen LogP contribution >= 0.6 is 0 Å². The fourth-order valence-corrected chi connectivity index (χ4v) is 11.1. The van der Waals surface area contributed by atoms with E-state index in [2.05, 4.69) is 47.6 Å². The summed E-state index contributed by atoms with van der Waals surface area (Å²) in [6, 6.07) is 0. The Morgan fingerprint density at radius 2 is 1.54 bits per heavy atom. The summed E-state index contributed by atoms with van der Waals surface area (Å²) < 4.78 is 11.2. The van der Waals surface area contributed by atoms with E-state index in [4.69, 9.17) is 9.47 Å². The average Bonchev–Trinajstić information content (AvgIpc) is 2.81. The van der Waals surface area contributed by atoms with E-state index < -0.39 is 11.5 Å². The van der Waals surface area contributed by atoms with Crippen LogP contribution in [0.1, 0.15) is 120 Å². The molecule has 5 aliphatic rings. The third-order valence-electron chi connectivity index (χ3n) is 13.6. The Balaban J connectivity index is 1.56. The van der Waals surface area contributed by atoms with Gasteiger partial charge in [0.2, 0.25) is 0 Å². The highest BCUT2D eigenvalue weighted by atomic mass is 16.6. The summed E-state index contributed by atoms with van der Waals surface area (Å²) in [5, 5.41) is 0. The lowest BCUT2D eigenvalue weighted by atomic mass is 9.33. The summed E-state index contributed by atoms with van der Waals surface area (Å²) in [6.45, 7) is 18.7. The Hall–Kier alpha value is -1.32. The molecule has 4 nitrogen and oxygen atoms in total. The maximum absolute atomic E-state index is 13.4. The summed E-state index contributed by atoms with van der Waals surface area (Å²) in [5.74, 6) is 0.830. The number of carbonyl (C=O) groups excluding carboxylic acids is 2. The first-order chi connectivity index (χ1) is 17.1. The molecular formula is C33H52O4. The molecule has 0 radical (unpaired) electrons. The molecule has 0 heterocycles. The van der Waals surface area contributed by atoms with Crippen LogP contribution in [0.15, 0.2) is 11.6 Å². The van der Waals surface area contributed by atoms with Gasteiger partial charge in [0, 0.05) is 6.92 Å². The monoisotopic (exact) mass is 512 g/mol. The minimum absolute atomic E-state index is 0.00418. The molecule has 5 rings (SSSR count). The van der Waals surface area contributed by atoms with E-state index in [1.165, 1.54) is 46.1 Å². The first-order valence-electron chi connectivity index (χ1n) is 15.0. The molecule has 0 aromatic heterocycles. The quantitative estimate of drug-likeness (QED) is 0.279. The number of esters is 2. The molecule has 37 heavy (non-hydrogen) atoms. The minimum Gasteiger partial charge on any atom is -0.468 e. The van der Waals surface area contributed by atoms with Gasteiger partial charge in [0.05, 0.1) is 7.11 Å². The SMILES string of the molecule is COC(=O)[C@]1(C)[C@@H]2CC[C@]3(C)[C@H](CC=C4[C@@H]5CC(C)(C)CC[C@]5(C)CC[C@]43C)[C@@]2(C)CC[C@H]1OC(C)=O. The Morgan fingerprint density at radius 1 is 0.865 bits per heavy atom. The molecule has 5 aliphatic carbocycles. The lowest BCUT2D eigenvalue weighted by molar-refractivity contribution is -0.224. The van der Waals surface area contributed by atoms with Gasteiger partial charge >= 0.3 is 11.9 Å². The molecule has 0 amide bonds. The van der Waals surface area contributed by atoms with Gasteiger partial charge in [-0.05, 0) is 116 Å². The van der Waals surface area contributed by atoms with Crippen LogP contribution in [0.5, 0.6) is 0 Å². The highest BCUT2D eigenvalue weighted by molar-refractivity contribution is 5.79. The second-order valence-corrected chi connectivity index (χ2v) is 15.8. The molecule has 0 aliphatic heterocycles. The number of methoxy groups -OCH3 is 1. The molecule has 208 valence electrons. The van der Waals surface area contributed by atoms with Gasteiger partial charge in [-0.15, -0.1) is 0 Å². The van der Waals surface area contributed by atoms with Crippen LogP contribution < -0.4 is 0 Å². The van der Waals surface area contributed by atoms with Crippen molar-refractivity contribution in [2.24, 2.45) is 50.2 Å². The van der Waals surface area contributed by atoms with E-state index in [-0.39, 0.29) is 34.1 Å². The first-order valence-corrected chi connectivity index (χ1v) is 15.0. The molecule has 4 fully saturated rings. The third-order valence-corrected chi connectivity index (χ3v) is 13.6. The Kier molecular flexibility index (Phi) is 6.14. The van der Waals surface area contributed by atoms with Crippen LogP contribution in [-0.4, -0.2) is 25.2 Å². The molecule has 4 saturated carbocycles. The van der Waals surface area contributed by atoms with Crippen LogP contribution in [0.3, 0.4) is 0 Å². The summed E-state index contributed by atoms with van der Waals surface area (Å²) in [6.07, 6.45) is 13.9. The van der Waals surface area contributed by atoms with Gasteiger partial charge in [0.1, 0.15) is 11.5 Å². The number of hydrogen-bond acceptors (Lipinski definition) is 4. The molecular weight excluding hydrogens is 460 g/mol. The van der Waals surface area contributed by atoms with Gasteiger partial charge in [0.15, 0.2) is 0 Å². The number of rotatable bonds is 2. The van der Waals surface area contributed by atoms with Crippen molar-refractivity contribution in [3.63, 3.8) is 0 Å². The zero-order chi connectivity index (χ0) is 27.2. The topological polar surface area (TPSA) is 52.6 Å². The van der Waals surface area contributed by atoms with E-state index >= 15 is 0 Å². The molecule has 0 unspecified atom stereocenters. The Labute approximate surface area is 225 Å². The van der Waals surface area contributed by atoms with Crippen molar-refractivity contribution in [2.45, 2.75) is 126 Å². The highest BCUT2D eigenvalue weighted by Crippen LogP contribution is 2.75. The number of hydrogen-bond donors (Lipinski definition) is 0. The van der Waals surface area contributed by atoms with Gasteiger partial charge < -0.3 is 9.47 Å². The van der Waals surface area contributed by atoms with Gasteiger partial charge in [-0.3, -0.25) is 9.59 Å². The van der Waals surface area contributed by atoms with Crippen molar-refractivity contribution >= 4 is 11.9 Å². The van der Waals surface area contributed by atoms with Crippen molar-refractivity contribution in [1.82, 2.24) is 0 Å². The van der Waals surface area contributed by atoms with Crippen LogP contribution in [-0.2, 0) is 19.1 Å². The smallest absolute Gasteiger partial charge is 0.315 e. The average molecular weight is 513 g/mol. The number of carbonyl (C=O) groups is 2. The van der Waals surface area contributed by atoms with E-state index in [9.17, 15) is 9.59 Å². The fourth-order valence-electron chi connectivity index (χ4n) is 11.1. The van der Waals surface area contributed by atoms with Crippen molar-refractivity contribution in [2.75, 3.05) is 7.11 Å². The maximum atomic E-state index is 13.4. The van der Waals surface area contributed by atoms with Gasteiger partial charge in [-0.25, -0.2) is 0 Å². The van der Waals surface area contributed by atoms with E-state index in [1.807, 2.05) is 6.92 Å². The third kappa shape index (κ3) is 3.58. The zero-order valence-corrected chi connectivity index (χ0v) is 25.1. The molecule has 0 spiro atoms. The van der Waals surface area contributed by atoms with Gasteiger partial charge in [-0.1, -0.05) is 53.2 Å². The van der Waals surface area contributed by atoms with Crippen molar-refractivity contribution in [3.05, 3.63) is 11.6 Å². The Morgan fingerprint density at radius 3 is 2.19 bits per heavy atom. The van der Waals surface area contributed by atoms with Crippen molar-refractivity contribution < 1.29 is 19.1 Å². The van der Waals surface area contributed by atoms with Gasteiger partial charge in [-0.2, -0.15) is 0 Å². The summed E-state index contributed by atoms with van der Waals surface area (Å²) >= 11 is 0. The normalized spacial score (nSPS) is 50.4. The molecule has 0 aromatic rings. The summed E-state index contributed by atoms with van der Waals surface area (Å²) in [4.78, 5) is 25.5. The lowest BCUT2D eigenvalue weighted by Gasteiger charge is -2.71. The van der Waals surface area contributed by atoms with E-state index in [0.29, 0.717) is 22.7 Å². The fraction of sp³-hybridized carbons (Fsp3) is 0.879. The van der Waals surface area contributed by atoms with Crippen LogP contribution in [0.4, 0.5) is 0 Å². The van der Waals surface area contributed by atoms with E-state index in [1.54, 1.807) is 5.57 Å². The van der Waals surface area contributed by atoms with Crippen LogP contribution in [0.2, 0.25) is 0 Å². The highest BCUT2D eigenvalue weighted by Gasteiger charge is 2.70.